The molecule has 0 aromatic heterocycles. The number of hydrogen-bond donors (Lipinski definition) is 2. The number of hydroxylamine groups is 1. The van der Waals surface area contributed by atoms with Crippen molar-refractivity contribution in [2.45, 2.75) is 49.5 Å². The maximum atomic E-state index is 13.6. The molecular weight excluding hydrogens is 348 g/mol. The van der Waals surface area contributed by atoms with Crippen LogP contribution in [0.5, 0.6) is 5.75 Å². The van der Waals surface area contributed by atoms with Crippen molar-refractivity contribution in [1.82, 2.24) is 5.32 Å². The summed E-state index contributed by atoms with van der Waals surface area (Å²) in [5, 5.41) is 16.3. The van der Waals surface area contributed by atoms with Crippen LogP contribution in [-0.2, 0) is 19.8 Å². The van der Waals surface area contributed by atoms with Crippen molar-refractivity contribution in [2.24, 2.45) is 11.8 Å². The number of nitrogens with zero attached hydrogens (tertiary/aromatic N) is 1. The fraction of sp³-hybridized carbons (Fsp3) is 0.650. The third-order valence-corrected chi connectivity index (χ3v) is 7.20. The van der Waals surface area contributed by atoms with Crippen molar-refractivity contribution in [1.29, 1.82) is 0 Å². The number of ether oxygens (including phenoxy) is 2. The third-order valence-electron chi connectivity index (χ3n) is 7.20. The van der Waals surface area contributed by atoms with Crippen molar-refractivity contribution in [3.05, 3.63) is 23.8 Å². The van der Waals surface area contributed by atoms with Gasteiger partial charge in [-0.25, -0.2) is 0 Å². The Morgan fingerprint density at radius 1 is 1.41 bits per heavy atom. The summed E-state index contributed by atoms with van der Waals surface area (Å²) in [6, 6.07) is 6.00. The standard InChI is InChI=1S/C20H26N2O5/c1-4-13-16-11-9-27-18(17(16)23)20(8-14(11)21-13)12-6-5-10(25-2)7-15(12)22(26-3)19(20)24/h5-7,11,13-14,16-18,21,23H,4,8-9H2,1-3H3/t11-,13-,14+,16-,17-,18-,20+/m1/s1. The molecular formula is C20H26N2O5. The lowest BCUT2D eigenvalue weighted by Crippen LogP contribution is -2.59. The second-order valence-electron chi connectivity index (χ2n) is 8.11. The van der Waals surface area contributed by atoms with Crippen molar-refractivity contribution >= 4 is 11.6 Å². The van der Waals surface area contributed by atoms with Gasteiger partial charge < -0.3 is 19.9 Å². The zero-order valence-corrected chi connectivity index (χ0v) is 15.8. The van der Waals surface area contributed by atoms with E-state index in [0.717, 1.165) is 12.0 Å². The molecule has 27 heavy (non-hydrogen) atoms. The lowest BCUT2D eigenvalue weighted by atomic mass is 9.70. The van der Waals surface area contributed by atoms with Crippen molar-refractivity contribution in [3.8, 4) is 5.75 Å². The first-order chi connectivity index (χ1) is 13.1. The summed E-state index contributed by atoms with van der Waals surface area (Å²) in [7, 11) is 3.09. The Hall–Kier alpha value is -1.67. The molecule has 1 aliphatic carbocycles. The molecule has 4 heterocycles. The first-order valence-corrected chi connectivity index (χ1v) is 9.69. The monoisotopic (exact) mass is 374 g/mol. The molecule has 1 aromatic carbocycles. The van der Waals surface area contributed by atoms with E-state index in [2.05, 4.69) is 12.2 Å². The number of aliphatic hydroxyl groups is 1. The summed E-state index contributed by atoms with van der Waals surface area (Å²) in [5.41, 5.74) is 0.574. The summed E-state index contributed by atoms with van der Waals surface area (Å²) in [4.78, 5) is 19.1. The summed E-state index contributed by atoms with van der Waals surface area (Å²) < 4.78 is 11.5. The van der Waals surface area contributed by atoms with E-state index in [1.807, 2.05) is 18.2 Å². The number of rotatable bonds is 3. The van der Waals surface area contributed by atoms with Gasteiger partial charge in [-0.05, 0) is 24.5 Å². The second kappa shape index (κ2) is 5.91. The topological polar surface area (TPSA) is 80.3 Å². The molecule has 4 fully saturated rings. The first kappa shape index (κ1) is 17.4. The van der Waals surface area contributed by atoms with Gasteiger partial charge in [-0.2, -0.15) is 5.06 Å². The predicted octanol–water partition coefficient (Wildman–Crippen LogP) is 0.987. The molecule has 0 unspecified atom stereocenters. The molecule has 1 spiro atoms. The highest BCUT2D eigenvalue weighted by atomic mass is 16.7. The molecule has 146 valence electrons. The quantitative estimate of drug-likeness (QED) is 0.821. The minimum Gasteiger partial charge on any atom is -0.497 e. The number of benzene rings is 1. The first-order valence-electron chi connectivity index (χ1n) is 9.69. The molecule has 1 amide bonds. The van der Waals surface area contributed by atoms with Crippen LogP contribution in [0.25, 0.3) is 0 Å². The molecule has 2 N–H and O–H groups in total. The summed E-state index contributed by atoms with van der Waals surface area (Å²) in [6.45, 7) is 2.72. The van der Waals surface area contributed by atoms with E-state index < -0.39 is 17.6 Å². The van der Waals surface area contributed by atoms with E-state index >= 15 is 0 Å². The molecule has 6 rings (SSSR count). The Kier molecular flexibility index (Phi) is 3.82. The number of anilines is 1. The van der Waals surface area contributed by atoms with E-state index in [9.17, 15) is 9.90 Å². The largest absolute Gasteiger partial charge is 0.497 e. The predicted molar refractivity (Wildman–Crippen MR) is 97.5 cm³/mol. The fourth-order valence-electron chi connectivity index (χ4n) is 6.05. The van der Waals surface area contributed by atoms with Gasteiger partial charge in [0.1, 0.15) is 17.3 Å². The Morgan fingerprint density at radius 2 is 2.22 bits per heavy atom. The number of aliphatic hydroxyl groups excluding tert-OH is 1. The van der Waals surface area contributed by atoms with Crippen LogP contribution in [0.15, 0.2) is 18.2 Å². The Labute approximate surface area is 158 Å². The maximum Gasteiger partial charge on any atom is 0.264 e. The van der Waals surface area contributed by atoms with Crippen molar-refractivity contribution in [2.75, 3.05) is 25.9 Å². The Morgan fingerprint density at radius 3 is 2.93 bits per heavy atom. The molecule has 4 aliphatic heterocycles. The molecule has 5 aliphatic rings. The minimum atomic E-state index is -0.948. The highest BCUT2D eigenvalue weighted by molar-refractivity contribution is 6.07. The van der Waals surface area contributed by atoms with E-state index in [0.29, 0.717) is 24.5 Å². The molecule has 7 heteroatoms. The average molecular weight is 374 g/mol. The lowest BCUT2D eigenvalue weighted by Gasteiger charge is -2.43. The van der Waals surface area contributed by atoms with Gasteiger partial charge in [-0.3, -0.25) is 9.63 Å². The number of amides is 1. The van der Waals surface area contributed by atoms with Gasteiger partial charge in [0.05, 0.1) is 32.6 Å². The number of carbonyl (C=O) groups is 1. The highest BCUT2D eigenvalue weighted by Gasteiger charge is 2.68. The second-order valence-corrected chi connectivity index (χ2v) is 8.11. The summed E-state index contributed by atoms with van der Waals surface area (Å²) >= 11 is 0. The number of fused-ring (bicyclic) bond motifs is 2. The molecule has 1 aromatic rings. The van der Waals surface area contributed by atoms with Gasteiger partial charge in [-0.15, -0.1) is 0 Å². The van der Waals surface area contributed by atoms with Crippen LogP contribution < -0.4 is 15.1 Å². The van der Waals surface area contributed by atoms with E-state index in [1.165, 1.54) is 12.2 Å². The molecule has 0 radical (unpaired) electrons. The van der Waals surface area contributed by atoms with Crippen LogP contribution in [0.3, 0.4) is 0 Å². The Bertz CT molecular complexity index is 786. The van der Waals surface area contributed by atoms with Gasteiger partial charge in [-0.1, -0.05) is 13.0 Å². The third kappa shape index (κ3) is 2.03. The SMILES string of the molecule is CC[C@H]1N[C@H]2C[C@@]3(C(=O)N(OC)c4cc(OC)ccc43)[C@@H]3OC[C@H]2[C@H]1[C@H]3O. The number of carbonyl (C=O) groups excluding carboxylic acids is 1. The zero-order valence-electron chi connectivity index (χ0n) is 15.8. The van der Waals surface area contributed by atoms with E-state index in [4.69, 9.17) is 14.3 Å². The molecule has 3 saturated heterocycles. The van der Waals surface area contributed by atoms with E-state index in [1.54, 1.807) is 7.11 Å². The smallest absolute Gasteiger partial charge is 0.264 e. The molecule has 7 atom stereocenters. The van der Waals surface area contributed by atoms with Gasteiger partial charge in [0.2, 0.25) is 0 Å². The van der Waals surface area contributed by atoms with Crippen molar-refractivity contribution < 1.29 is 24.2 Å². The van der Waals surface area contributed by atoms with Crippen LogP contribution in [0.1, 0.15) is 25.3 Å². The fourth-order valence-corrected chi connectivity index (χ4v) is 6.05. The summed E-state index contributed by atoms with van der Waals surface area (Å²) in [6.07, 6.45) is 0.300. The van der Waals surface area contributed by atoms with Gasteiger partial charge in [0, 0.05) is 30.0 Å². The molecule has 7 nitrogen and oxygen atoms in total. The lowest BCUT2D eigenvalue weighted by molar-refractivity contribution is -0.159. The van der Waals surface area contributed by atoms with Gasteiger partial charge >= 0.3 is 0 Å². The normalized spacial score (nSPS) is 41.9. The molecule has 1 saturated carbocycles. The van der Waals surface area contributed by atoms with Crippen LogP contribution in [0.4, 0.5) is 5.69 Å². The highest BCUT2D eigenvalue weighted by Crippen LogP contribution is 2.57. The average Bonchev–Trinajstić information content (AvgIpc) is 3.05. The zero-order chi connectivity index (χ0) is 18.9. The van der Waals surface area contributed by atoms with Gasteiger partial charge in [0.15, 0.2) is 0 Å². The van der Waals surface area contributed by atoms with Crippen LogP contribution in [0.2, 0.25) is 0 Å². The number of methoxy groups -OCH3 is 1. The summed E-state index contributed by atoms with van der Waals surface area (Å²) in [5.74, 6) is 0.835. The van der Waals surface area contributed by atoms with Gasteiger partial charge in [0.25, 0.3) is 5.91 Å². The molecule has 4 bridgehead atoms. The number of nitrogens with one attached hydrogen (secondary N) is 1. The van der Waals surface area contributed by atoms with Crippen LogP contribution in [-0.4, -0.2) is 56.1 Å². The minimum absolute atomic E-state index is 0.115. The van der Waals surface area contributed by atoms with Crippen LogP contribution >= 0.6 is 0 Å². The van der Waals surface area contributed by atoms with Crippen LogP contribution in [0, 0.1) is 11.8 Å². The number of hydrogen-bond acceptors (Lipinski definition) is 6. The van der Waals surface area contributed by atoms with E-state index in [-0.39, 0.29) is 29.8 Å². The van der Waals surface area contributed by atoms with Crippen molar-refractivity contribution in [3.63, 3.8) is 0 Å². The maximum absolute atomic E-state index is 13.6. The Balaban J connectivity index is 1.68.